The lowest BCUT2D eigenvalue weighted by molar-refractivity contribution is 0.373. The number of hydrogen-bond acceptors (Lipinski definition) is 3. The van der Waals surface area contributed by atoms with Gasteiger partial charge in [-0.25, -0.2) is 0 Å². The lowest BCUT2D eigenvalue weighted by atomic mass is 9.92. The van der Waals surface area contributed by atoms with E-state index in [-0.39, 0.29) is 11.7 Å². The van der Waals surface area contributed by atoms with Gasteiger partial charge >= 0.3 is 0 Å². The van der Waals surface area contributed by atoms with E-state index >= 15 is 0 Å². The number of ether oxygens (including phenoxy) is 1. The molecule has 20 heavy (non-hydrogen) atoms. The van der Waals surface area contributed by atoms with E-state index in [9.17, 15) is 5.11 Å². The Morgan fingerprint density at radius 3 is 2.65 bits per heavy atom. The van der Waals surface area contributed by atoms with Crippen LogP contribution < -0.4 is 10.5 Å². The van der Waals surface area contributed by atoms with Crippen molar-refractivity contribution in [3.05, 3.63) is 58.1 Å². The second-order valence-electron chi connectivity index (χ2n) is 4.66. The molecule has 3 N–H and O–H groups in total. The lowest BCUT2D eigenvalue weighted by Crippen LogP contribution is -2.15. The van der Waals surface area contributed by atoms with Gasteiger partial charge in [-0.1, -0.05) is 40.2 Å². The second kappa shape index (κ2) is 6.77. The van der Waals surface area contributed by atoms with Crippen molar-refractivity contribution >= 4 is 15.9 Å². The summed E-state index contributed by atoms with van der Waals surface area (Å²) in [6.45, 7) is 0.561. The number of halogens is 1. The molecule has 0 spiro atoms. The zero-order valence-corrected chi connectivity index (χ0v) is 12.9. The predicted octanol–water partition coefficient (Wildman–Crippen LogP) is 3.45. The monoisotopic (exact) mass is 335 g/mol. The van der Waals surface area contributed by atoms with Crippen LogP contribution in [0.1, 0.15) is 17.0 Å². The lowest BCUT2D eigenvalue weighted by Gasteiger charge is -2.17. The molecule has 0 bridgehead atoms. The van der Waals surface area contributed by atoms with Crippen LogP contribution >= 0.6 is 15.9 Å². The molecule has 2 rings (SSSR count). The minimum absolute atomic E-state index is 0.154. The molecule has 1 atom stereocenters. The van der Waals surface area contributed by atoms with E-state index in [1.165, 1.54) is 5.56 Å². The van der Waals surface area contributed by atoms with E-state index in [0.717, 1.165) is 16.5 Å². The van der Waals surface area contributed by atoms with Crippen LogP contribution in [0, 0.1) is 0 Å². The van der Waals surface area contributed by atoms with Gasteiger partial charge in [0.1, 0.15) is 0 Å². The topological polar surface area (TPSA) is 55.5 Å². The Kier molecular flexibility index (Phi) is 5.04. The molecule has 106 valence electrons. The van der Waals surface area contributed by atoms with Crippen LogP contribution in [0.5, 0.6) is 11.5 Å². The van der Waals surface area contributed by atoms with Gasteiger partial charge in [-0.15, -0.1) is 0 Å². The van der Waals surface area contributed by atoms with Crippen molar-refractivity contribution in [2.75, 3.05) is 13.7 Å². The molecule has 0 aliphatic heterocycles. The number of hydrogen-bond donors (Lipinski definition) is 2. The van der Waals surface area contributed by atoms with Gasteiger partial charge < -0.3 is 15.6 Å². The Hall–Kier alpha value is -1.52. The van der Waals surface area contributed by atoms with Crippen LogP contribution in [-0.2, 0) is 6.42 Å². The third-order valence-electron chi connectivity index (χ3n) is 3.36. The summed E-state index contributed by atoms with van der Waals surface area (Å²) in [5.41, 5.74) is 8.21. The van der Waals surface area contributed by atoms with Gasteiger partial charge in [0, 0.05) is 10.4 Å². The number of nitrogens with two attached hydrogens (primary N) is 1. The molecule has 0 radical (unpaired) electrons. The van der Waals surface area contributed by atoms with Crippen molar-refractivity contribution in [1.82, 2.24) is 0 Å². The minimum atomic E-state index is 0.154. The standard InChI is InChI=1S/C16H18BrNO2/c1-20-16-9-11(6-7-15(16)19)8-12(10-18)13-4-2-3-5-14(13)17/h2-7,9,12,19H,8,10,18H2,1H3. The Bertz CT molecular complexity index is 586. The van der Waals surface area contributed by atoms with Crippen LogP contribution in [0.4, 0.5) is 0 Å². The molecule has 0 aliphatic carbocycles. The molecular weight excluding hydrogens is 318 g/mol. The molecule has 2 aromatic carbocycles. The summed E-state index contributed by atoms with van der Waals surface area (Å²) in [4.78, 5) is 0. The summed E-state index contributed by atoms with van der Waals surface area (Å²) in [6, 6.07) is 13.5. The average molecular weight is 336 g/mol. The molecule has 0 heterocycles. The zero-order chi connectivity index (χ0) is 14.5. The van der Waals surface area contributed by atoms with Gasteiger partial charge in [0.25, 0.3) is 0 Å². The van der Waals surface area contributed by atoms with Crippen molar-refractivity contribution in [3.63, 3.8) is 0 Å². The highest BCUT2D eigenvalue weighted by molar-refractivity contribution is 9.10. The number of benzene rings is 2. The number of phenols is 1. The summed E-state index contributed by atoms with van der Waals surface area (Å²) < 4.78 is 6.21. The van der Waals surface area contributed by atoms with Gasteiger partial charge in [0.15, 0.2) is 11.5 Å². The second-order valence-corrected chi connectivity index (χ2v) is 5.52. The average Bonchev–Trinajstić information content (AvgIpc) is 2.47. The molecule has 0 aliphatic rings. The third kappa shape index (κ3) is 3.32. The third-order valence-corrected chi connectivity index (χ3v) is 4.08. The van der Waals surface area contributed by atoms with Crippen molar-refractivity contribution in [2.45, 2.75) is 12.3 Å². The summed E-state index contributed by atoms with van der Waals surface area (Å²) in [6.07, 6.45) is 0.801. The van der Waals surface area contributed by atoms with Crippen LogP contribution in [0.25, 0.3) is 0 Å². The van der Waals surface area contributed by atoms with E-state index in [2.05, 4.69) is 22.0 Å². The summed E-state index contributed by atoms with van der Waals surface area (Å²) in [5.74, 6) is 0.867. The predicted molar refractivity (Wildman–Crippen MR) is 84.3 cm³/mol. The smallest absolute Gasteiger partial charge is 0.160 e. The van der Waals surface area contributed by atoms with Crippen LogP contribution in [-0.4, -0.2) is 18.8 Å². The number of aromatic hydroxyl groups is 1. The maximum atomic E-state index is 9.63. The number of phenolic OH excluding ortho intramolecular Hbond substituents is 1. The first-order valence-corrected chi connectivity index (χ1v) is 7.25. The van der Waals surface area contributed by atoms with Crippen molar-refractivity contribution < 1.29 is 9.84 Å². The largest absolute Gasteiger partial charge is 0.504 e. The fourth-order valence-electron chi connectivity index (χ4n) is 2.26. The van der Waals surface area contributed by atoms with Crippen molar-refractivity contribution in [2.24, 2.45) is 5.73 Å². The van der Waals surface area contributed by atoms with Gasteiger partial charge in [0.2, 0.25) is 0 Å². The molecule has 0 aromatic heterocycles. The highest BCUT2D eigenvalue weighted by Gasteiger charge is 2.14. The van der Waals surface area contributed by atoms with E-state index in [4.69, 9.17) is 10.5 Å². The normalized spacial score (nSPS) is 12.2. The van der Waals surface area contributed by atoms with Gasteiger partial charge in [-0.2, -0.15) is 0 Å². The number of rotatable bonds is 5. The molecular formula is C16H18BrNO2. The first-order chi connectivity index (χ1) is 9.65. The van der Waals surface area contributed by atoms with Crippen LogP contribution in [0.2, 0.25) is 0 Å². The van der Waals surface area contributed by atoms with E-state index in [1.807, 2.05) is 30.3 Å². The number of methoxy groups -OCH3 is 1. The molecule has 0 amide bonds. The first kappa shape index (κ1) is 14.9. The maximum Gasteiger partial charge on any atom is 0.160 e. The van der Waals surface area contributed by atoms with E-state index in [1.54, 1.807) is 13.2 Å². The van der Waals surface area contributed by atoms with Crippen LogP contribution in [0.3, 0.4) is 0 Å². The quantitative estimate of drug-likeness (QED) is 0.879. The minimum Gasteiger partial charge on any atom is -0.504 e. The molecule has 4 heteroatoms. The molecule has 0 saturated heterocycles. The first-order valence-electron chi connectivity index (χ1n) is 6.46. The van der Waals surface area contributed by atoms with E-state index < -0.39 is 0 Å². The fourth-order valence-corrected chi connectivity index (χ4v) is 2.87. The zero-order valence-electron chi connectivity index (χ0n) is 11.3. The molecule has 0 fully saturated rings. The maximum absolute atomic E-state index is 9.63. The van der Waals surface area contributed by atoms with E-state index in [0.29, 0.717) is 12.3 Å². The Balaban J connectivity index is 2.25. The highest BCUT2D eigenvalue weighted by atomic mass is 79.9. The summed E-state index contributed by atoms with van der Waals surface area (Å²) >= 11 is 3.57. The van der Waals surface area contributed by atoms with Gasteiger partial charge in [0.05, 0.1) is 7.11 Å². The Morgan fingerprint density at radius 2 is 2.00 bits per heavy atom. The highest BCUT2D eigenvalue weighted by Crippen LogP contribution is 2.31. The van der Waals surface area contributed by atoms with Gasteiger partial charge in [-0.3, -0.25) is 0 Å². The Morgan fingerprint density at radius 1 is 1.25 bits per heavy atom. The Labute approximate surface area is 127 Å². The molecule has 0 saturated carbocycles. The molecule has 1 unspecified atom stereocenters. The molecule has 2 aromatic rings. The summed E-state index contributed by atoms with van der Waals surface area (Å²) in [5, 5.41) is 9.63. The van der Waals surface area contributed by atoms with Gasteiger partial charge in [-0.05, 0) is 42.3 Å². The summed E-state index contributed by atoms with van der Waals surface area (Å²) in [7, 11) is 1.55. The van der Waals surface area contributed by atoms with Crippen LogP contribution in [0.15, 0.2) is 46.9 Å². The SMILES string of the molecule is COc1cc(CC(CN)c2ccccc2Br)ccc1O. The molecule has 3 nitrogen and oxygen atoms in total. The van der Waals surface area contributed by atoms with Crippen molar-refractivity contribution in [3.8, 4) is 11.5 Å². The fraction of sp³-hybridized carbons (Fsp3) is 0.250. The van der Waals surface area contributed by atoms with Crippen molar-refractivity contribution in [1.29, 1.82) is 0 Å².